The highest BCUT2D eigenvalue weighted by Gasteiger charge is 2.45. The fourth-order valence-corrected chi connectivity index (χ4v) is 11.0. The number of carbonyl (C=O) groups is 9. The molecule has 21 heteroatoms. The van der Waals surface area contributed by atoms with Crippen LogP contribution in [0.4, 0.5) is 0 Å². The Morgan fingerprint density at radius 3 is 2.02 bits per heavy atom. The SMILES string of the molecule is COc1ccc(CC[C@H]2OC(=O)[C@@H]3CCCCN3C(=O)C(=O)C(C)(C)COC(=O)C=CCCN(C)C(=O)[C@@H]3CCCN3C(=O)[C@H](COC(C)(C)C)N(C)C(=O)C(c3ccccc3)NC(=O)[C@H](Cc3ccccc3)N(C)C(=O)COc3cccc2c3)cc1OC. The van der Waals surface area contributed by atoms with Gasteiger partial charge in [0.2, 0.25) is 29.4 Å². The minimum absolute atomic E-state index is 0.0289. The molecule has 478 valence electrons. The van der Waals surface area contributed by atoms with Crippen LogP contribution in [-0.4, -0.2) is 182 Å². The number of likely N-dealkylation sites (N-methyl/N-ethyl adjacent to an activating group) is 3. The standard InChI is InChI=1S/C68H86N6O15/c1-67(2,3)88-42-53-63(80)73-38-22-30-50(73)62(79)70(6)36-19-18-31-58(76)87-44-68(4,5)60(77)65(82)74-37-20-17-29-51(74)66(83)89-54(34-32-46-33-35-55(84-9)56(40-46)85-10)48-27-21-28-49(41-48)86-43-57(75)71(7)52(39-45-23-13-11-14-24-45)61(78)69-59(64(81)72(53)8)47-25-15-12-16-26-47/h11-16,18,21,23-28,31,33,35,40-41,50-54,59H,17,19-20,22,29-30,32,34,36-39,42-44H2,1-10H3,(H,69,78)/t50-,51-,52-,53-,54+,59?/m0/s1. The molecule has 1 N–H and O–H groups in total. The molecule has 2 saturated heterocycles. The van der Waals surface area contributed by atoms with E-state index in [0.29, 0.717) is 60.3 Å². The van der Waals surface area contributed by atoms with Crippen LogP contribution in [0.25, 0.3) is 0 Å². The summed E-state index contributed by atoms with van der Waals surface area (Å²) in [5.41, 5.74) is 0.177. The molecule has 0 spiro atoms. The number of cyclic esters (lactones) is 2. The van der Waals surface area contributed by atoms with Gasteiger partial charge in [-0.15, -0.1) is 0 Å². The van der Waals surface area contributed by atoms with Crippen LogP contribution in [0.2, 0.25) is 0 Å². The number of carbonyl (C=O) groups excluding carboxylic acids is 9. The number of ketones is 1. The molecule has 0 saturated carbocycles. The van der Waals surface area contributed by atoms with Crippen LogP contribution in [0.1, 0.15) is 114 Å². The Morgan fingerprint density at radius 1 is 0.652 bits per heavy atom. The lowest BCUT2D eigenvalue weighted by Crippen LogP contribution is -2.58. The van der Waals surface area contributed by atoms with E-state index in [9.17, 15) is 28.8 Å². The van der Waals surface area contributed by atoms with Gasteiger partial charge in [-0.25, -0.2) is 9.59 Å². The van der Waals surface area contributed by atoms with Crippen LogP contribution >= 0.6 is 0 Å². The number of hydrogen-bond donors (Lipinski definition) is 1. The molecule has 3 aliphatic rings. The zero-order valence-corrected chi connectivity index (χ0v) is 52.9. The van der Waals surface area contributed by atoms with Crippen molar-refractivity contribution in [3.63, 3.8) is 0 Å². The lowest BCUT2D eigenvalue weighted by molar-refractivity contribution is -0.165. The van der Waals surface area contributed by atoms with Gasteiger partial charge >= 0.3 is 11.9 Å². The number of amides is 6. The molecular formula is C68H86N6O15. The molecule has 7 rings (SSSR count). The summed E-state index contributed by atoms with van der Waals surface area (Å²) in [7, 11) is 7.58. The normalized spacial score (nSPS) is 22.9. The maximum atomic E-state index is 15.2. The number of ether oxygens (including phenoxy) is 6. The minimum Gasteiger partial charge on any atom is -0.493 e. The minimum atomic E-state index is -1.50. The molecule has 2 bridgehead atoms. The summed E-state index contributed by atoms with van der Waals surface area (Å²) in [5.74, 6) is -4.89. The van der Waals surface area contributed by atoms with Crippen molar-refractivity contribution in [3.8, 4) is 17.2 Å². The molecule has 6 atom stereocenters. The van der Waals surface area contributed by atoms with Gasteiger partial charge in [-0.2, -0.15) is 0 Å². The molecule has 0 aromatic heterocycles. The molecule has 4 aromatic carbocycles. The quantitative estimate of drug-likeness (QED) is 0.127. The first-order chi connectivity index (χ1) is 42.4. The van der Waals surface area contributed by atoms with Crippen LogP contribution in [0, 0.1) is 5.41 Å². The Morgan fingerprint density at radius 2 is 1.33 bits per heavy atom. The number of piperidine rings is 1. The molecule has 3 aliphatic heterocycles. The predicted molar refractivity (Wildman–Crippen MR) is 330 cm³/mol. The van der Waals surface area contributed by atoms with Gasteiger partial charge in [0.1, 0.15) is 48.7 Å². The molecule has 89 heavy (non-hydrogen) atoms. The molecular weight excluding hydrogens is 1140 g/mol. The van der Waals surface area contributed by atoms with Gasteiger partial charge in [0.15, 0.2) is 18.1 Å². The number of fused-ring (bicyclic) bond motifs is 4. The summed E-state index contributed by atoms with van der Waals surface area (Å²) < 4.78 is 35.3. The van der Waals surface area contributed by atoms with Crippen molar-refractivity contribution in [3.05, 3.63) is 138 Å². The first kappa shape index (κ1) is 67.9. The number of benzene rings is 4. The Kier molecular flexibility index (Phi) is 23.7. The van der Waals surface area contributed by atoms with Crippen LogP contribution in [0.3, 0.4) is 0 Å². The maximum Gasteiger partial charge on any atom is 0.330 e. The van der Waals surface area contributed by atoms with E-state index in [1.54, 1.807) is 67.7 Å². The number of rotatable bonds is 10. The number of nitrogens with zero attached hydrogens (tertiary/aromatic N) is 5. The average molecular weight is 1230 g/mol. The smallest absolute Gasteiger partial charge is 0.330 e. The largest absolute Gasteiger partial charge is 0.493 e. The molecule has 6 amide bonds. The van der Waals surface area contributed by atoms with Crippen LogP contribution < -0.4 is 19.5 Å². The van der Waals surface area contributed by atoms with Crippen LogP contribution in [-0.2, 0) is 70.2 Å². The summed E-state index contributed by atoms with van der Waals surface area (Å²) in [6.07, 6.45) is 4.75. The fraction of sp³-hybridized carbons (Fsp3) is 0.485. The number of Topliss-reactive ketones (excluding diaryl/α,β-unsaturated/α-hetero) is 1. The van der Waals surface area contributed by atoms with Gasteiger partial charge < -0.3 is 58.2 Å². The lowest BCUT2D eigenvalue weighted by Gasteiger charge is -2.37. The van der Waals surface area contributed by atoms with Crippen molar-refractivity contribution in [2.45, 2.75) is 134 Å². The predicted octanol–water partition coefficient (Wildman–Crippen LogP) is 6.80. The highest BCUT2D eigenvalue weighted by atomic mass is 16.5. The van der Waals surface area contributed by atoms with E-state index >= 15 is 14.4 Å². The van der Waals surface area contributed by atoms with E-state index in [1.807, 2.05) is 63.2 Å². The second-order valence-electron chi connectivity index (χ2n) is 24.4. The molecule has 0 aliphatic carbocycles. The maximum absolute atomic E-state index is 15.2. The highest BCUT2D eigenvalue weighted by Crippen LogP contribution is 2.34. The second kappa shape index (κ2) is 31.0. The van der Waals surface area contributed by atoms with Gasteiger partial charge in [-0.3, -0.25) is 33.6 Å². The van der Waals surface area contributed by atoms with E-state index in [1.165, 1.54) is 78.8 Å². The van der Waals surface area contributed by atoms with Crippen molar-refractivity contribution in [1.29, 1.82) is 0 Å². The van der Waals surface area contributed by atoms with E-state index in [-0.39, 0.29) is 63.6 Å². The van der Waals surface area contributed by atoms with E-state index in [4.69, 9.17) is 28.4 Å². The topological polar surface area (TPSA) is 237 Å². The summed E-state index contributed by atoms with van der Waals surface area (Å²) in [6, 6.07) is 23.9. The molecule has 4 aromatic rings. The number of esters is 2. The van der Waals surface area contributed by atoms with E-state index in [2.05, 4.69) is 5.32 Å². The number of methoxy groups -OCH3 is 2. The van der Waals surface area contributed by atoms with Gasteiger partial charge in [-0.1, -0.05) is 84.9 Å². The summed E-state index contributed by atoms with van der Waals surface area (Å²) in [5, 5.41) is 2.95. The molecule has 0 radical (unpaired) electrons. The Hall–Kier alpha value is -8.59. The van der Waals surface area contributed by atoms with E-state index in [0.717, 1.165) is 5.56 Å². The first-order valence-electron chi connectivity index (χ1n) is 30.3. The van der Waals surface area contributed by atoms with Crippen molar-refractivity contribution in [1.82, 2.24) is 29.8 Å². The average Bonchev–Trinajstić information content (AvgIpc) is 2.31. The number of nitrogens with one attached hydrogen (secondary N) is 1. The molecule has 21 nitrogen and oxygen atoms in total. The van der Waals surface area contributed by atoms with Crippen LogP contribution in [0.15, 0.2) is 115 Å². The van der Waals surface area contributed by atoms with Gasteiger partial charge in [0.25, 0.3) is 11.8 Å². The first-order valence-corrected chi connectivity index (χ1v) is 30.3. The van der Waals surface area contributed by atoms with Gasteiger partial charge in [-0.05, 0) is 133 Å². The molecule has 1 unspecified atom stereocenters. The molecule has 2 fully saturated rings. The van der Waals surface area contributed by atoms with Crippen molar-refractivity contribution in [2.75, 3.05) is 74.8 Å². The summed E-state index contributed by atoms with van der Waals surface area (Å²) in [6.45, 7) is 7.62. The van der Waals surface area contributed by atoms with Crippen molar-refractivity contribution >= 4 is 53.2 Å². The third kappa shape index (κ3) is 18.0. The van der Waals surface area contributed by atoms with Crippen molar-refractivity contribution < 1.29 is 71.6 Å². The zero-order valence-electron chi connectivity index (χ0n) is 52.9. The zero-order chi connectivity index (χ0) is 64.6. The third-order valence-electron chi connectivity index (χ3n) is 16.4. The lowest BCUT2D eigenvalue weighted by atomic mass is 9.87. The second-order valence-corrected chi connectivity index (χ2v) is 24.4. The summed E-state index contributed by atoms with van der Waals surface area (Å²) >= 11 is 0. The Bertz CT molecular complexity index is 3180. The Balaban J connectivity index is 1.24. The van der Waals surface area contributed by atoms with Crippen molar-refractivity contribution in [2.24, 2.45) is 5.41 Å². The Labute approximate surface area is 521 Å². The summed E-state index contributed by atoms with van der Waals surface area (Å²) in [4.78, 5) is 137. The number of hydrogen-bond acceptors (Lipinski definition) is 15. The van der Waals surface area contributed by atoms with Crippen LogP contribution in [0.5, 0.6) is 17.2 Å². The fourth-order valence-electron chi connectivity index (χ4n) is 11.0. The third-order valence-corrected chi connectivity index (χ3v) is 16.4. The highest BCUT2D eigenvalue weighted by molar-refractivity contribution is 6.38. The van der Waals surface area contributed by atoms with E-state index < -0.39 is 108 Å². The van der Waals surface area contributed by atoms with Gasteiger partial charge in [0, 0.05) is 53.3 Å². The number of aryl methyl sites for hydroxylation is 1. The molecule has 3 heterocycles. The monoisotopic (exact) mass is 1230 g/mol. The van der Waals surface area contributed by atoms with Gasteiger partial charge in [0.05, 0.1) is 31.8 Å².